The van der Waals surface area contributed by atoms with E-state index in [1.807, 2.05) is 0 Å². The molecular weight excluding hydrogens is 456 g/mol. The Labute approximate surface area is 181 Å². The van der Waals surface area contributed by atoms with Gasteiger partial charge in [-0.15, -0.1) is 11.3 Å². The summed E-state index contributed by atoms with van der Waals surface area (Å²) in [5.41, 5.74) is 1.01. The third kappa shape index (κ3) is 4.29. The lowest BCUT2D eigenvalue weighted by molar-refractivity contribution is -0.137. The average Bonchev–Trinajstić information content (AvgIpc) is 3.20. The highest BCUT2D eigenvalue weighted by molar-refractivity contribution is 7.19. The van der Waals surface area contributed by atoms with E-state index in [2.05, 4.69) is 10.3 Å². The summed E-state index contributed by atoms with van der Waals surface area (Å²) < 4.78 is 78.2. The quantitative estimate of drug-likeness (QED) is 0.358. The number of thiazole rings is 1. The van der Waals surface area contributed by atoms with Gasteiger partial charge in [0.15, 0.2) is 5.65 Å². The molecule has 4 aromatic rings. The topological polar surface area (TPSA) is 46.9 Å². The molecule has 0 radical (unpaired) electrons. The Morgan fingerprint density at radius 1 is 1.06 bits per heavy atom. The number of carbonyl (C=O) groups is 1. The molecule has 0 aliphatic heterocycles. The SMILES string of the molecule is Cc1nc2c(s1)c1cc(C(=O)NCCC(F)(F)F)ccc1n2-c1ccc(C(F)(F)F)cc1. The van der Waals surface area contributed by atoms with Crippen molar-refractivity contribution in [3.05, 3.63) is 58.6 Å². The molecule has 0 fully saturated rings. The molecule has 4 nitrogen and oxygen atoms in total. The molecule has 11 heteroatoms. The van der Waals surface area contributed by atoms with Crippen molar-refractivity contribution >= 4 is 38.5 Å². The highest BCUT2D eigenvalue weighted by Crippen LogP contribution is 2.37. The van der Waals surface area contributed by atoms with E-state index in [9.17, 15) is 31.1 Å². The predicted octanol–water partition coefficient (Wildman–Crippen LogP) is 6.25. The maximum absolute atomic E-state index is 12.9. The van der Waals surface area contributed by atoms with Gasteiger partial charge in [0.05, 0.1) is 27.2 Å². The number of benzene rings is 2. The number of nitrogens with one attached hydrogen (secondary N) is 1. The number of nitrogens with zero attached hydrogens (tertiary/aromatic N) is 2. The highest BCUT2D eigenvalue weighted by Gasteiger charge is 2.30. The minimum atomic E-state index is -4.46. The Morgan fingerprint density at radius 2 is 1.75 bits per heavy atom. The summed E-state index contributed by atoms with van der Waals surface area (Å²) >= 11 is 1.35. The van der Waals surface area contributed by atoms with Gasteiger partial charge in [-0.3, -0.25) is 9.36 Å². The summed E-state index contributed by atoms with van der Waals surface area (Å²) in [6.07, 6.45) is -9.97. The molecule has 32 heavy (non-hydrogen) atoms. The second-order valence-electron chi connectivity index (χ2n) is 7.12. The van der Waals surface area contributed by atoms with Crippen LogP contribution in [0.1, 0.15) is 27.3 Å². The van der Waals surface area contributed by atoms with Gasteiger partial charge in [-0.1, -0.05) is 0 Å². The zero-order valence-corrected chi connectivity index (χ0v) is 17.3. The lowest BCUT2D eigenvalue weighted by Gasteiger charge is -2.10. The second-order valence-corrected chi connectivity index (χ2v) is 8.32. The van der Waals surface area contributed by atoms with Crippen LogP contribution in [0.25, 0.3) is 26.9 Å². The fourth-order valence-electron chi connectivity index (χ4n) is 3.39. The van der Waals surface area contributed by atoms with E-state index in [1.54, 1.807) is 23.6 Å². The van der Waals surface area contributed by atoms with E-state index in [4.69, 9.17) is 0 Å². The van der Waals surface area contributed by atoms with Gasteiger partial charge in [0.25, 0.3) is 5.91 Å². The van der Waals surface area contributed by atoms with E-state index in [-0.39, 0.29) is 5.56 Å². The van der Waals surface area contributed by atoms with E-state index in [0.29, 0.717) is 22.2 Å². The van der Waals surface area contributed by atoms with Crippen molar-refractivity contribution in [3.63, 3.8) is 0 Å². The number of aryl methyl sites for hydroxylation is 1. The van der Waals surface area contributed by atoms with Crippen molar-refractivity contribution in [1.29, 1.82) is 0 Å². The van der Waals surface area contributed by atoms with Crippen LogP contribution in [0, 0.1) is 6.92 Å². The number of hydrogen-bond acceptors (Lipinski definition) is 3. The van der Waals surface area contributed by atoms with Gasteiger partial charge >= 0.3 is 12.4 Å². The van der Waals surface area contributed by atoms with Crippen LogP contribution in [-0.4, -0.2) is 28.2 Å². The highest BCUT2D eigenvalue weighted by atomic mass is 32.1. The molecule has 0 saturated heterocycles. The molecule has 0 unspecified atom stereocenters. The molecule has 2 aromatic carbocycles. The summed E-state index contributed by atoms with van der Waals surface area (Å²) in [6, 6.07) is 9.27. The Bertz CT molecular complexity index is 1300. The van der Waals surface area contributed by atoms with E-state index in [0.717, 1.165) is 21.8 Å². The molecule has 0 saturated carbocycles. The fourth-order valence-corrected chi connectivity index (χ4v) is 4.32. The fraction of sp³-hybridized carbons (Fsp3) is 0.238. The maximum Gasteiger partial charge on any atom is 0.416 e. The first kappa shape index (κ1) is 22.1. The number of fused-ring (bicyclic) bond motifs is 3. The van der Waals surface area contributed by atoms with Crippen LogP contribution in [0.4, 0.5) is 26.3 Å². The van der Waals surface area contributed by atoms with Crippen LogP contribution in [0.15, 0.2) is 42.5 Å². The summed E-state index contributed by atoms with van der Waals surface area (Å²) in [6.45, 7) is 1.24. The maximum atomic E-state index is 12.9. The molecular formula is C21H15F6N3OS. The molecule has 0 spiro atoms. The molecule has 1 amide bonds. The first-order chi connectivity index (χ1) is 14.9. The smallest absolute Gasteiger partial charge is 0.352 e. The van der Waals surface area contributed by atoms with Gasteiger partial charge in [-0.25, -0.2) is 4.98 Å². The minimum absolute atomic E-state index is 0.178. The molecule has 168 valence electrons. The lowest BCUT2D eigenvalue weighted by Crippen LogP contribution is -2.27. The standard InChI is InChI=1S/C21H15F6N3OS/c1-11-29-18-17(32-11)15-10-12(19(31)28-9-8-20(22,23)24)2-7-16(15)30(18)14-5-3-13(4-6-14)21(25,26)27/h2-7,10H,8-9H2,1H3,(H,28,31). The Hall–Kier alpha value is -3.08. The van der Waals surface area contributed by atoms with Gasteiger partial charge in [-0.05, 0) is 49.4 Å². The molecule has 4 rings (SSSR count). The molecule has 2 heterocycles. The van der Waals surface area contributed by atoms with Crippen molar-refractivity contribution in [3.8, 4) is 5.69 Å². The first-order valence-electron chi connectivity index (χ1n) is 9.38. The van der Waals surface area contributed by atoms with Crippen LogP contribution in [0.5, 0.6) is 0 Å². The van der Waals surface area contributed by atoms with E-state index >= 15 is 0 Å². The summed E-state index contributed by atoms with van der Waals surface area (Å²) in [5.74, 6) is -0.646. The number of rotatable bonds is 4. The Kier molecular flexibility index (Phi) is 5.40. The van der Waals surface area contributed by atoms with Crippen molar-refractivity contribution in [1.82, 2.24) is 14.9 Å². The summed E-state index contributed by atoms with van der Waals surface area (Å²) in [5, 5.41) is 3.60. The number of hydrogen-bond donors (Lipinski definition) is 1. The minimum Gasteiger partial charge on any atom is -0.352 e. The molecule has 0 aliphatic carbocycles. The lowest BCUT2D eigenvalue weighted by atomic mass is 10.1. The van der Waals surface area contributed by atoms with Gasteiger partial charge in [0.1, 0.15) is 0 Å². The normalized spacial score (nSPS) is 12.6. The molecule has 0 bridgehead atoms. The van der Waals surface area contributed by atoms with Gasteiger partial charge in [0.2, 0.25) is 0 Å². The molecule has 0 atom stereocenters. The predicted molar refractivity (Wildman–Crippen MR) is 109 cm³/mol. The number of alkyl halides is 6. The zero-order valence-electron chi connectivity index (χ0n) is 16.4. The van der Waals surface area contributed by atoms with Crippen molar-refractivity contribution in [2.45, 2.75) is 25.7 Å². The monoisotopic (exact) mass is 471 g/mol. The summed E-state index contributed by atoms with van der Waals surface area (Å²) in [4.78, 5) is 16.8. The Balaban J connectivity index is 1.75. The van der Waals surface area contributed by atoms with Crippen LogP contribution in [0.3, 0.4) is 0 Å². The number of aromatic nitrogens is 2. The third-order valence-corrected chi connectivity index (χ3v) is 5.81. The number of amides is 1. The van der Waals surface area contributed by atoms with Gasteiger partial charge in [0, 0.05) is 23.2 Å². The largest absolute Gasteiger partial charge is 0.416 e. The zero-order chi connectivity index (χ0) is 23.3. The Morgan fingerprint density at radius 3 is 2.38 bits per heavy atom. The van der Waals surface area contributed by atoms with E-state index < -0.39 is 36.8 Å². The van der Waals surface area contributed by atoms with Crippen LogP contribution < -0.4 is 5.32 Å². The van der Waals surface area contributed by atoms with Gasteiger partial charge in [-0.2, -0.15) is 26.3 Å². The van der Waals surface area contributed by atoms with Crippen LogP contribution >= 0.6 is 11.3 Å². The van der Waals surface area contributed by atoms with Gasteiger partial charge < -0.3 is 5.32 Å². The molecule has 1 N–H and O–H groups in total. The third-order valence-electron chi connectivity index (χ3n) is 4.82. The van der Waals surface area contributed by atoms with Crippen LogP contribution in [-0.2, 0) is 6.18 Å². The average molecular weight is 471 g/mol. The van der Waals surface area contributed by atoms with E-state index in [1.165, 1.54) is 29.5 Å². The first-order valence-corrected chi connectivity index (χ1v) is 10.2. The number of carbonyl (C=O) groups excluding carboxylic acids is 1. The summed E-state index contributed by atoms with van der Waals surface area (Å²) in [7, 11) is 0. The molecule has 0 aliphatic rings. The van der Waals surface area contributed by atoms with Crippen LogP contribution in [0.2, 0.25) is 0 Å². The molecule has 2 aromatic heterocycles. The van der Waals surface area contributed by atoms with Crippen molar-refractivity contribution in [2.75, 3.05) is 6.54 Å². The van der Waals surface area contributed by atoms with Crippen molar-refractivity contribution < 1.29 is 31.1 Å². The van der Waals surface area contributed by atoms with Crippen molar-refractivity contribution in [2.24, 2.45) is 0 Å². The second kappa shape index (κ2) is 7.80. The number of halogens is 6.